The molecule has 0 amide bonds. The van der Waals surface area contributed by atoms with Gasteiger partial charge in [-0.1, -0.05) is 67.0 Å². The SMILES string of the molecule is COc1ccc(O[C@@H]2O[C@@H]3CO[C@@H](c4ccccc4)O[C@H]3[C@@H](Br)[C@H]2O[Si](C)(C)C(C)(C)C)cc1. The van der Waals surface area contributed by atoms with E-state index in [2.05, 4.69) is 49.8 Å². The van der Waals surface area contributed by atoms with Gasteiger partial charge in [-0.05, 0) is 42.4 Å². The summed E-state index contributed by atoms with van der Waals surface area (Å²) in [5.74, 6) is 1.46. The van der Waals surface area contributed by atoms with E-state index in [1.54, 1.807) is 7.11 Å². The molecule has 2 aromatic rings. The van der Waals surface area contributed by atoms with Gasteiger partial charge < -0.3 is 28.1 Å². The Balaban J connectivity index is 1.58. The number of methoxy groups -OCH3 is 1. The second-order valence-corrected chi connectivity index (χ2v) is 16.1. The number of rotatable bonds is 6. The normalized spacial score (nSPS) is 29.9. The second-order valence-electron chi connectivity index (χ2n) is 10.3. The first-order valence-corrected chi connectivity index (χ1v) is 15.5. The van der Waals surface area contributed by atoms with Gasteiger partial charge >= 0.3 is 0 Å². The maximum absolute atomic E-state index is 6.87. The zero-order valence-corrected chi connectivity index (χ0v) is 23.3. The highest BCUT2D eigenvalue weighted by Crippen LogP contribution is 2.43. The van der Waals surface area contributed by atoms with Crippen molar-refractivity contribution in [2.24, 2.45) is 0 Å². The van der Waals surface area contributed by atoms with Gasteiger partial charge in [0.2, 0.25) is 6.29 Å². The van der Waals surface area contributed by atoms with Gasteiger partial charge in [0.25, 0.3) is 0 Å². The van der Waals surface area contributed by atoms with Crippen molar-refractivity contribution in [3.63, 3.8) is 0 Å². The minimum Gasteiger partial charge on any atom is -0.497 e. The Bertz CT molecular complexity index is 933. The fourth-order valence-electron chi connectivity index (χ4n) is 3.84. The molecule has 0 spiro atoms. The van der Waals surface area contributed by atoms with Gasteiger partial charge in [0.1, 0.15) is 29.8 Å². The quantitative estimate of drug-likeness (QED) is 0.321. The summed E-state index contributed by atoms with van der Waals surface area (Å²) in [5.41, 5.74) is 0.985. The Morgan fingerprint density at radius 3 is 2.21 bits per heavy atom. The van der Waals surface area contributed by atoms with Crippen molar-refractivity contribution in [1.82, 2.24) is 0 Å². The van der Waals surface area contributed by atoms with E-state index in [1.807, 2.05) is 54.6 Å². The van der Waals surface area contributed by atoms with E-state index in [4.69, 9.17) is 28.1 Å². The lowest BCUT2D eigenvalue weighted by atomic mass is 10.0. The first-order chi connectivity index (χ1) is 16.1. The van der Waals surface area contributed by atoms with Gasteiger partial charge in [-0.2, -0.15) is 0 Å². The molecule has 0 bridgehead atoms. The van der Waals surface area contributed by atoms with Gasteiger partial charge in [-0.25, -0.2) is 0 Å². The molecule has 0 unspecified atom stereocenters. The number of alkyl halides is 1. The molecule has 2 heterocycles. The highest BCUT2D eigenvalue weighted by Gasteiger charge is 2.53. The Morgan fingerprint density at radius 2 is 1.59 bits per heavy atom. The van der Waals surface area contributed by atoms with Crippen molar-refractivity contribution in [2.45, 2.75) is 74.6 Å². The summed E-state index contributed by atoms with van der Waals surface area (Å²) < 4.78 is 37.4. The maximum atomic E-state index is 6.87. The second kappa shape index (κ2) is 10.3. The van der Waals surface area contributed by atoms with Crippen molar-refractivity contribution >= 4 is 24.2 Å². The molecule has 6 atom stereocenters. The average Bonchev–Trinajstić information content (AvgIpc) is 2.81. The molecule has 2 saturated heterocycles. The molecule has 0 radical (unpaired) electrons. The van der Waals surface area contributed by atoms with Crippen molar-refractivity contribution in [3.8, 4) is 11.5 Å². The molecular formula is C26H35BrO6Si. The van der Waals surface area contributed by atoms with Gasteiger partial charge in [0.05, 0.1) is 18.5 Å². The predicted octanol–water partition coefficient (Wildman–Crippen LogP) is 6.07. The van der Waals surface area contributed by atoms with Crippen molar-refractivity contribution in [1.29, 1.82) is 0 Å². The summed E-state index contributed by atoms with van der Waals surface area (Å²) in [7, 11) is -0.499. The Hall–Kier alpha value is -1.42. The zero-order valence-electron chi connectivity index (χ0n) is 20.7. The molecule has 2 aliphatic heterocycles. The first-order valence-electron chi connectivity index (χ1n) is 11.7. The van der Waals surface area contributed by atoms with Crippen LogP contribution in [0.25, 0.3) is 0 Å². The molecule has 0 saturated carbocycles. The van der Waals surface area contributed by atoms with E-state index < -0.39 is 20.9 Å². The smallest absolute Gasteiger partial charge is 0.226 e. The summed E-state index contributed by atoms with van der Waals surface area (Å²) in [5, 5.41) is 0.0321. The van der Waals surface area contributed by atoms with Crippen LogP contribution in [0.3, 0.4) is 0 Å². The summed E-state index contributed by atoms with van der Waals surface area (Å²) in [4.78, 5) is -0.140. The largest absolute Gasteiger partial charge is 0.497 e. The molecule has 6 nitrogen and oxygen atoms in total. The van der Waals surface area contributed by atoms with Crippen LogP contribution in [0.1, 0.15) is 32.6 Å². The first kappa shape index (κ1) is 25.7. The molecular weight excluding hydrogens is 516 g/mol. The molecule has 186 valence electrons. The standard InChI is InChI=1S/C26H35BrO6Si/c1-26(2,3)34(5,6)33-23-21(27)22-20(16-29-24(32-22)17-10-8-7-9-11-17)31-25(23)30-19-14-12-18(28-4)13-15-19/h7-15,20-25H,16H2,1-6H3/t20-,21-,22-,23-,24-,25-/m1/s1. The minimum atomic E-state index is -2.14. The van der Waals surface area contributed by atoms with Crippen LogP contribution in [-0.2, 0) is 18.6 Å². The summed E-state index contributed by atoms with van der Waals surface area (Å²) in [6.07, 6.45) is -1.96. The molecule has 0 N–H and O–H groups in total. The van der Waals surface area contributed by atoms with Gasteiger partial charge in [0.15, 0.2) is 14.6 Å². The lowest BCUT2D eigenvalue weighted by Gasteiger charge is -2.50. The van der Waals surface area contributed by atoms with Gasteiger partial charge in [-0.3, -0.25) is 0 Å². The molecule has 34 heavy (non-hydrogen) atoms. The number of hydrogen-bond acceptors (Lipinski definition) is 6. The van der Waals surface area contributed by atoms with Crippen LogP contribution in [0.2, 0.25) is 18.1 Å². The van der Waals surface area contributed by atoms with Crippen molar-refractivity contribution in [3.05, 3.63) is 60.2 Å². The lowest BCUT2D eigenvalue weighted by molar-refractivity contribution is -0.319. The summed E-state index contributed by atoms with van der Waals surface area (Å²) >= 11 is 3.93. The Morgan fingerprint density at radius 1 is 0.941 bits per heavy atom. The third kappa shape index (κ3) is 5.53. The fraction of sp³-hybridized carbons (Fsp3) is 0.538. The number of halogens is 1. The third-order valence-electron chi connectivity index (χ3n) is 6.88. The molecule has 0 aromatic heterocycles. The van der Waals surface area contributed by atoms with Crippen LogP contribution in [-0.4, -0.2) is 51.5 Å². The lowest BCUT2D eigenvalue weighted by Crippen LogP contribution is -2.64. The highest BCUT2D eigenvalue weighted by molar-refractivity contribution is 9.09. The average molecular weight is 552 g/mol. The van der Waals surface area contributed by atoms with Crippen LogP contribution in [0.5, 0.6) is 11.5 Å². The number of ether oxygens (including phenoxy) is 5. The minimum absolute atomic E-state index is 0.0321. The van der Waals surface area contributed by atoms with Crippen LogP contribution >= 0.6 is 15.9 Å². The fourth-order valence-corrected chi connectivity index (χ4v) is 6.15. The van der Waals surface area contributed by atoms with Crippen molar-refractivity contribution < 1.29 is 28.1 Å². The van der Waals surface area contributed by atoms with Crippen LogP contribution in [0, 0.1) is 0 Å². The van der Waals surface area contributed by atoms with Gasteiger partial charge in [-0.15, -0.1) is 0 Å². The highest BCUT2D eigenvalue weighted by atomic mass is 79.9. The zero-order chi connectivity index (χ0) is 24.5. The van der Waals surface area contributed by atoms with Crippen LogP contribution in [0.15, 0.2) is 54.6 Å². The Kier molecular flexibility index (Phi) is 7.76. The molecule has 2 aromatic carbocycles. The monoisotopic (exact) mass is 550 g/mol. The van der Waals surface area contributed by atoms with E-state index in [0.29, 0.717) is 12.4 Å². The molecule has 0 aliphatic carbocycles. The van der Waals surface area contributed by atoms with E-state index in [9.17, 15) is 0 Å². The summed E-state index contributed by atoms with van der Waals surface area (Å²) in [6.45, 7) is 11.6. The predicted molar refractivity (Wildman–Crippen MR) is 137 cm³/mol. The van der Waals surface area contributed by atoms with Crippen LogP contribution in [0.4, 0.5) is 0 Å². The molecule has 8 heteroatoms. The molecule has 2 aliphatic rings. The van der Waals surface area contributed by atoms with Gasteiger partial charge in [0, 0.05) is 5.56 Å². The topological polar surface area (TPSA) is 55.4 Å². The number of fused-ring (bicyclic) bond motifs is 1. The van der Waals surface area contributed by atoms with E-state index >= 15 is 0 Å². The van der Waals surface area contributed by atoms with E-state index in [0.717, 1.165) is 11.3 Å². The molecule has 4 rings (SSSR count). The maximum Gasteiger partial charge on any atom is 0.226 e. The number of benzene rings is 2. The summed E-state index contributed by atoms with van der Waals surface area (Å²) in [6, 6.07) is 17.5. The molecule has 2 fully saturated rings. The third-order valence-corrected chi connectivity index (χ3v) is 12.4. The van der Waals surface area contributed by atoms with E-state index in [-0.39, 0.29) is 28.2 Å². The number of hydrogen-bond donors (Lipinski definition) is 0. The Labute approximate surface area is 212 Å². The van der Waals surface area contributed by atoms with Crippen LogP contribution < -0.4 is 9.47 Å². The van der Waals surface area contributed by atoms with Crippen molar-refractivity contribution in [2.75, 3.05) is 13.7 Å². The van der Waals surface area contributed by atoms with E-state index in [1.165, 1.54) is 0 Å².